The second-order valence-corrected chi connectivity index (χ2v) is 5.56. The van der Waals surface area contributed by atoms with Crippen LogP contribution in [0.2, 0.25) is 5.02 Å². The second kappa shape index (κ2) is 4.73. The summed E-state index contributed by atoms with van der Waals surface area (Å²) in [6.07, 6.45) is 0.947. The van der Waals surface area contributed by atoms with Crippen LogP contribution >= 0.6 is 11.6 Å². The fourth-order valence-corrected chi connectivity index (χ4v) is 2.71. The number of urea groups is 1. The molecule has 1 aromatic rings. The topological polar surface area (TPSA) is 75.7 Å². The fraction of sp³-hybridized carbons (Fsp3) is 0.357. The molecule has 0 aromatic heterocycles. The number of barbiturate groups is 1. The molecule has 1 spiro atoms. The van der Waals surface area contributed by atoms with Crippen molar-refractivity contribution in [2.75, 3.05) is 7.11 Å². The minimum atomic E-state index is -1.05. The van der Waals surface area contributed by atoms with E-state index in [-0.39, 0.29) is 6.54 Å². The van der Waals surface area contributed by atoms with Crippen LogP contribution in [0.3, 0.4) is 0 Å². The van der Waals surface area contributed by atoms with Crippen LogP contribution in [0.4, 0.5) is 4.79 Å². The molecule has 3 rings (SSSR count). The van der Waals surface area contributed by atoms with E-state index < -0.39 is 23.3 Å². The number of carbonyl (C=O) groups excluding carboxylic acids is 3. The van der Waals surface area contributed by atoms with Gasteiger partial charge in [-0.25, -0.2) is 4.79 Å². The monoisotopic (exact) mass is 308 g/mol. The van der Waals surface area contributed by atoms with Crippen LogP contribution in [0.25, 0.3) is 0 Å². The quantitative estimate of drug-likeness (QED) is 0.862. The molecule has 1 N–H and O–H groups in total. The van der Waals surface area contributed by atoms with E-state index in [1.54, 1.807) is 18.2 Å². The number of hydrogen-bond donors (Lipinski definition) is 1. The van der Waals surface area contributed by atoms with Gasteiger partial charge in [0, 0.05) is 10.6 Å². The smallest absolute Gasteiger partial charge is 0.331 e. The molecule has 1 heterocycles. The molecule has 21 heavy (non-hydrogen) atoms. The van der Waals surface area contributed by atoms with Crippen molar-refractivity contribution in [1.29, 1.82) is 0 Å². The van der Waals surface area contributed by atoms with Crippen LogP contribution in [0, 0.1) is 5.41 Å². The summed E-state index contributed by atoms with van der Waals surface area (Å²) in [6, 6.07) is 4.36. The average molecular weight is 309 g/mol. The van der Waals surface area contributed by atoms with E-state index in [2.05, 4.69) is 5.32 Å². The lowest BCUT2D eigenvalue weighted by Gasteiger charge is -2.30. The van der Waals surface area contributed by atoms with Crippen molar-refractivity contribution in [3.8, 4) is 5.75 Å². The molecule has 2 fully saturated rings. The lowest BCUT2D eigenvalue weighted by atomic mass is 10.0. The molecule has 4 amide bonds. The molecule has 110 valence electrons. The number of hydrogen-bond acceptors (Lipinski definition) is 4. The molecular weight excluding hydrogens is 296 g/mol. The van der Waals surface area contributed by atoms with Crippen molar-refractivity contribution in [1.82, 2.24) is 10.2 Å². The highest BCUT2D eigenvalue weighted by Gasteiger charge is 2.62. The number of methoxy groups -OCH3 is 1. The Balaban J connectivity index is 1.93. The highest BCUT2D eigenvalue weighted by atomic mass is 35.5. The van der Waals surface area contributed by atoms with E-state index in [9.17, 15) is 14.4 Å². The number of carbonyl (C=O) groups is 3. The van der Waals surface area contributed by atoms with Gasteiger partial charge < -0.3 is 4.74 Å². The zero-order valence-corrected chi connectivity index (χ0v) is 12.1. The summed E-state index contributed by atoms with van der Waals surface area (Å²) < 4.78 is 5.21. The summed E-state index contributed by atoms with van der Waals surface area (Å²) in [4.78, 5) is 37.1. The molecule has 0 atom stereocenters. The van der Waals surface area contributed by atoms with Crippen molar-refractivity contribution in [2.24, 2.45) is 5.41 Å². The molecule has 1 aliphatic carbocycles. The minimum absolute atomic E-state index is 0.0253. The van der Waals surface area contributed by atoms with Gasteiger partial charge in [-0.15, -0.1) is 0 Å². The molecule has 0 bridgehead atoms. The molecule has 1 saturated heterocycles. The van der Waals surface area contributed by atoms with Crippen LogP contribution < -0.4 is 10.1 Å². The largest absolute Gasteiger partial charge is 0.496 e. The Hall–Kier alpha value is -2.08. The first-order chi connectivity index (χ1) is 9.99. The Morgan fingerprint density at radius 3 is 2.67 bits per heavy atom. The van der Waals surface area contributed by atoms with Gasteiger partial charge in [0.1, 0.15) is 11.2 Å². The van der Waals surface area contributed by atoms with Gasteiger partial charge in [-0.1, -0.05) is 17.7 Å². The summed E-state index contributed by atoms with van der Waals surface area (Å²) >= 11 is 6.12. The SMILES string of the molecule is COc1cccc(Cl)c1CN1C(=O)NC(=O)C2(CC2)C1=O. The molecule has 0 unspecified atom stereocenters. The number of benzene rings is 1. The number of nitrogens with one attached hydrogen (secondary N) is 1. The van der Waals surface area contributed by atoms with Crippen LogP contribution in [-0.4, -0.2) is 29.9 Å². The number of imide groups is 2. The molecule has 1 saturated carbocycles. The molecule has 6 nitrogen and oxygen atoms in total. The summed E-state index contributed by atoms with van der Waals surface area (Å²) in [5.74, 6) is -0.469. The standard InChI is InChI=1S/C14H13ClN2O4/c1-21-10-4-2-3-9(15)8(10)7-17-12(19)14(5-6-14)11(18)16-13(17)20/h2-4H,5-7H2,1H3,(H,16,18,20). The Labute approximate surface area is 126 Å². The van der Waals surface area contributed by atoms with Gasteiger partial charge in [0.15, 0.2) is 0 Å². The average Bonchev–Trinajstić information content (AvgIpc) is 3.25. The second-order valence-electron chi connectivity index (χ2n) is 5.15. The number of ether oxygens (including phenoxy) is 1. The predicted octanol–water partition coefficient (Wildman–Crippen LogP) is 1.71. The van der Waals surface area contributed by atoms with E-state index >= 15 is 0 Å². The Morgan fingerprint density at radius 2 is 2.05 bits per heavy atom. The first kappa shape index (κ1) is 13.9. The van der Waals surface area contributed by atoms with Crippen LogP contribution in [0.1, 0.15) is 18.4 Å². The van der Waals surface area contributed by atoms with Crippen molar-refractivity contribution in [3.05, 3.63) is 28.8 Å². The van der Waals surface area contributed by atoms with Crippen molar-refractivity contribution in [2.45, 2.75) is 19.4 Å². The molecule has 2 aliphatic rings. The normalized spacial score (nSPS) is 19.7. The van der Waals surface area contributed by atoms with Crippen LogP contribution in [0.15, 0.2) is 18.2 Å². The van der Waals surface area contributed by atoms with Crippen molar-refractivity contribution in [3.63, 3.8) is 0 Å². The summed E-state index contributed by atoms with van der Waals surface area (Å²) in [6.45, 7) is -0.0253. The molecule has 0 radical (unpaired) electrons. The van der Waals surface area contributed by atoms with Crippen LogP contribution in [0.5, 0.6) is 5.75 Å². The lowest BCUT2D eigenvalue weighted by molar-refractivity contribution is -0.145. The molecule has 1 aliphatic heterocycles. The third-order valence-electron chi connectivity index (χ3n) is 3.92. The van der Waals surface area contributed by atoms with Crippen molar-refractivity contribution >= 4 is 29.4 Å². The van der Waals surface area contributed by atoms with Gasteiger partial charge in [0.25, 0.3) is 0 Å². The fourth-order valence-electron chi connectivity index (χ4n) is 2.48. The van der Waals surface area contributed by atoms with Gasteiger partial charge >= 0.3 is 6.03 Å². The third-order valence-corrected chi connectivity index (χ3v) is 4.27. The maximum Gasteiger partial charge on any atom is 0.331 e. The van der Waals surface area contributed by atoms with Gasteiger partial charge in [-0.2, -0.15) is 0 Å². The highest BCUT2D eigenvalue weighted by molar-refractivity contribution is 6.31. The maximum absolute atomic E-state index is 12.4. The summed E-state index contributed by atoms with van der Waals surface area (Å²) in [5, 5.41) is 2.63. The minimum Gasteiger partial charge on any atom is -0.496 e. The molecular formula is C14H13ClN2O4. The number of amides is 4. The Morgan fingerprint density at radius 1 is 1.33 bits per heavy atom. The van der Waals surface area contributed by atoms with Gasteiger partial charge in [0.2, 0.25) is 11.8 Å². The van der Waals surface area contributed by atoms with Crippen LogP contribution in [-0.2, 0) is 16.1 Å². The lowest BCUT2D eigenvalue weighted by Crippen LogP contribution is -2.58. The van der Waals surface area contributed by atoms with Gasteiger partial charge in [-0.05, 0) is 25.0 Å². The Kier molecular flexibility index (Phi) is 3.13. The maximum atomic E-state index is 12.4. The molecule has 1 aromatic carbocycles. The van der Waals surface area contributed by atoms with Crippen molar-refractivity contribution < 1.29 is 19.1 Å². The summed E-state index contributed by atoms with van der Waals surface area (Å²) in [7, 11) is 1.49. The zero-order chi connectivity index (χ0) is 15.2. The number of nitrogens with zero attached hydrogens (tertiary/aromatic N) is 1. The Bertz CT molecular complexity index is 654. The van der Waals surface area contributed by atoms with Gasteiger partial charge in [0.05, 0.1) is 13.7 Å². The van der Waals surface area contributed by atoms with E-state index in [1.165, 1.54) is 7.11 Å². The molecule has 7 heteroatoms. The number of rotatable bonds is 3. The van der Waals surface area contributed by atoms with E-state index in [4.69, 9.17) is 16.3 Å². The third kappa shape index (κ3) is 2.06. The summed E-state index contributed by atoms with van der Waals surface area (Å²) in [5.41, 5.74) is -0.516. The zero-order valence-electron chi connectivity index (χ0n) is 11.3. The van der Waals surface area contributed by atoms with E-state index in [1.807, 2.05) is 0 Å². The van der Waals surface area contributed by atoms with Gasteiger partial charge in [-0.3, -0.25) is 19.8 Å². The number of halogens is 1. The van der Waals surface area contributed by atoms with E-state index in [0.29, 0.717) is 29.2 Å². The highest BCUT2D eigenvalue weighted by Crippen LogP contribution is 2.49. The van der Waals surface area contributed by atoms with E-state index in [0.717, 1.165) is 4.90 Å². The first-order valence-corrected chi connectivity index (χ1v) is 6.86. The predicted molar refractivity (Wildman–Crippen MR) is 73.8 cm³/mol. The first-order valence-electron chi connectivity index (χ1n) is 6.48.